The SMILES string of the molecule is O=C(C1=NN(C2CCS(=O)(=O)C2)C(=O)CC1)N1CCN(c2cccc(Cl)c2)CC1. The molecule has 0 spiro atoms. The van der Waals surface area contributed by atoms with Gasteiger partial charge in [-0.2, -0.15) is 5.10 Å². The van der Waals surface area contributed by atoms with Gasteiger partial charge >= 0.3 is 0 Å². The second kappa shape index (κ2) is 7.95. The lowest BCUT2D eigenvalue weighted by atomic mass is 10.1. The Morgan fingerprint density at radius 1 is 1.14 bits per heavy atom. The number of hydrogen-bond donors (Lipinski definition) is 0. The monoisotopic (exact) mass is 438 g/mol. The highest BCUT2D eigenvalue weighted by molar-refractivity contribution is 7.91. The van der Waals surface area contributed by atoms with Crippen molar-refractivity contribution in [2.45, 2.75) is 25.3 Å². The molecule has 2 saturated heterocycles. The van der Waals surface area contributed by atoms with Crippen molar-refractivity contribution >= 4 is 44.7 Å². The Morgan fingerprint density at radius 3 is 2.55 bits per heavy atom. The first kappa shape index (κ1) is 20.2. The summed E-state index contributed by atoms with van der Waals surface area (Å²) in [5, 5.41) is 6.20. The molecule has 3 aliphatic heterocycles. The Balaban J connectivity index is 1.41. The van der Waals surface area contributed by atoms with Crippen molar-refractivity contribution in [3.63, 3.8) is 0 Å². The van der Waals surface area contributed by atoms with E-state index in [1.165, 1.54) is 5.01 Å². The van der Waals surface area contributed by atoms with Crippen LogP contribution in [0.15, 0.2) is 29.4 Å². The van der Waals surface area contributed by atoms with Crippen LogP contribution in [0.25, 0.3) is 0 Å². The van der Waals surface area contributed by atoms with E-state index in [-0.39, 0.29) is 29.7 Å². The van der Waals surface area contributed by atoms with E-state index in [1.54, 1.807) is 4.90 Å². The molecule has 0 aromatic heterocycles. The highest BCUT2D eigenvalue weighted by Gasteiger charge is 2.38. The summed E-state index contributed by atoms with van der Waals surface area (Å²) in [7, 11) is -3.14. The zero-order chi connectivity index (χ0) is 20.6. The summed E-state index contributed by atoms with van der Waals surface area (Å²) in [5.41, 5.74) is 1.36. The standard InChI is InChI=1S/C19H23ClN4O4S/c20-14-2-1-3-15(12-14)22-7-9-23(10-8-22)19(26)17-4-5-18(25)24(21-17)16-6-11-29(27,28)13-16/h1-3,12,16H,4-11,13H2. The Labute approximate surface area is 175 Å². The topological polar surface area (TPSA) is 90.4 Å². The molecule has 0 N–H and O–H groups in total. The van der Waals surface area contributed by atoms with Crippen molar-refractivity contribution in [2.24, 2.45) is 5.10 Å². The van der Waals surface area contributed by atoms with Crippen LogP contribution in [0.2, 0.25) is 5.02 Å². The summed E-state index contributed by atoms with van der Waals surface area (Å²) in [4.78, 5) is 29.1. The lowest BCUT2D eigenvalue weighted by molar-refractivity contribution is -0.134. The Bertz CT molecular complexity index is 957. The molecule has 3 aliphatic rings. The molecule has 1 atom stereocenters. The van der Waals surface area contributed by atoms with Crippen LogP contribution in [0.4, 0.5) is 5.69 Å². The van der Waals surface area contributed by atoms with Crippen molar-refractivity contribution in [1.82, 2.24) is 9.91 Å². The third-order valence-corrected chi connectivity index (χ3v) is 7.59. The van der Waals surface area contributed by atoms with Crippen LogP contribution in [-0.4, -0.2) is 79.6 Å². The molecular weight excluding hydrogens is 416 g/mol. The number of benzene rings is 1. The Hall–Kier alpha value is -2.13. The number of amides is 2. The van der Waals surface area contributed by atoms with Crippen LogP contribution in [0.5, 0.6) is 0 Å². The highest BCUT2D eigenvalue weighted by Crippen LogP contribution is 2.24. The number of nitrogens with zero attached hydrogens (tertiary/aromatic N) is 4. The quantitative estimate of drug-likeness (QED) is 0.706. The second-order valence-corrected chi connectivity index (χ2v) is 10.3. The molecule has 1 aromatic rings. The minimum Gasteiger partial charge on any atom is -0.368 e. The smallest absolute Gasteiger partial charge is 0.270 e. The maximum Gasteiger partial charge on any atom is 0.270 e. The fourth-order valence-corrected chi connectivity index (χ4v) is 5.88. The van der Waals surface area contributed by atoms with Gasteiger partial charge in [0, 0.05) is 49.7 Å². The van der Waals surface area contributed by atoms with Gasteiger partial charge in [0.25, 0.3) is 5.91 Å². The van der Waals surface area contributed by atoms with Crippen LogP contribution in [0.1, 0.15) is 19.3 Å². The number of carbonyl (C=O) groups excluding carboxylic acids is 2. The van der Waals surface area contributed by atoms with E-state index in [0.717, 1.165) is 5.69 Å². The normalized spacial score (nSPS) is 24.6. The Kier molecular flexibility index (Phi) is 5.52. The number of piperazine rings is 1. The van der Waals surface area contributed by atoms with Crippen LogP contribution in [0.3, 0.4) is 0 Å². The lowest BCUT2D eigenvalue weighted by Gasteiger charge is -2.37. The third-order valence-electron chi connectivity index (χ3n) is 5.60. The van der Waals surface area contributed by atoms with E-state index < -0.39 is 15.9 Å². The molecule has 156 valence electrons. The van der Waals surface area contributed by atoms with Crippen LogP contribution < -0.4 is 4.90 Å². The molecule has 8 nitrogen and oxygen atoms in total. The van der Waals surface area contributed by atoms with Crippen molar-refractivity contribution in [1.29, 1.82) is 0 Å². The molecule has 1 unspecified atom stereocenters. The average molecular weight is 439 g/mol. The first-order valence-electron chi connectivity index (χ1n) is 9.72. The summed E-state index contributed by atoms with van der Waals surface area (Å²) in [6.45, 7) is 2.47. The number of hydrazone groups is 1. The van der Waals surface area contributed by atoms with Crippen molar-refractivity contribution < 1.29 is 18.0 Å². The zero-order valence-corrected chi connectivity index (χ0v) is 17.5. The summed E-state index contributed by atoms with van der Waals surface area (Å²) >= 11 is 6.06. The largest absolute Gasteiger partial charge is 0.368 e. The van der Waals surface area contributed by atoms with Crippen LogP contribution >= 0.6 is 11.6 Å². The fourth-order valence-electron chi connectivity index (χ4n) is 4.00. The summed E-state index contributed by atoms with van der Waals surface area (Å²) in [5.74, 6) is -0.406. The number of carbonyl (C=O) groups is 2. The van der Waals surface area contributed by atoms with Crippen LogP contribution in [-0.2, 0) is 19.4 Å². The minimum absolute atomic E-state index is 0.0612. The van der Waals surface area contributed by atoms with Gasteiger partial charge in [-0.3, -0.25) is 9.59 Å². The number of sulfone groups is 1. The van der Waals surface area contributed by atoms with Gasteiger partial charge in [0.2, 0.25) is 5.91 Å². The van der Waals surface area contributed by atoms with Gasteiger partial charge in [0.15, 0.2) is 9.84 Å². The third kappa shape index (κ3) is 4.40. The Morgan fingerprint density at radius 2 is 1.90 bits per heavy atom. The molecular formula is C19H23ClN4O4S. The van der Waals surface area contributed by atoms with Gasteiger partial charge in [0.05, 0.1) is 17.5 Å². The number of rotatable bonds is 3. The minimum atomic E-state index is -3.14. The summed E-state index contributed by atoms with van der Waals surface area (Å²) in [6, 6.07) is 7.17. The number of hydrogen-bond acceptors (Lipinski definition) is 6. The van der Waals surface area contributed by atoms with E-state index in [2.05, 4.69) is 10.0 Å². The fraction of sp³-hybridized carbons (Fsp3) is 0.526. The first-order valence-corrected chi connectivity index (χ1v) is 11.9. The summed E-state index contributed by atoms with van der Waals surface area (Å²) in [6.07, 6.45) is 0.850. The van der Waals surface area contributed by atoms with Gasteiger partial charge in [-0.05, 0) is 24.6 Å². The molecule has 1 aromatic carbocycles. The molecule has 0 bridgehead atoms. The van der Waals surface area contributed by atoms with E-state index in [4.69, 9.17) is 11.6 Å². The molecule has 0 saturated carbocycles. The molecule has 29 heavy (non-hydrogen) atoms. The van der Waals surface area contributed by atoms with E-state index in [9.17, 15) is 18.0 Å². The van der Waals surface area contributed by atoms with Gasteiger partial charge in [-0.15, -0.1) is 0 Å². The van der Waals surface area contributed by atoms with Crippen molar-refractivity contribution in [3.8, 4) is 0 Å². The molecule has 10 heteroatoms. The average Bonchev–Trinajstić information content (AvgIpc) is 3.07. The molecule has 2 amide bonds. The van der Waals surface area contributed by atoms with Crippen LogP contribution in [0, 0.1) is 0 Å². The number of halogens is 1. The van der Waals surface area contributed by atoms with Gasteiger partial charge in [0.1, 0.15) is 5.71 Å². The molecule has 0 aliphatic carbocycles. The maximum atomic E-state index is 12.9. The second-order valence-electron chi connectivity index (χ2n) is 7.60. The van der Waals surface area contributed by atoms with Gasteiger partial charge in [-0.1, -0.05) is 17.7 Å². The van der Waals surface area contributed by atoms with Gasteiger partial charge < -0.3 is 9.80 Å². The lowest BCUT2D eigenvalue weighted by Crippen LogP contribution is -2.52. The molecule has 0 radical (unpaired) electrons. The predicted octanol–water partition coefficient (Wildman–Crippen LogP) is 1.15. The van der Waals surface area contributed by atoms with E-state index in [0.29, 0.717) is 49.8 Å². The molecule has 3 heterocycles. The molecule has 2 fully saturated rings. The summed E-state index contributed by atoms with van der Waals surface area (Å²) < 4.78 is 23.5. The van der Waals surface area contributed by atoms with E-state index >= 15 is 0 Å². The number of anilines is 1. The van der Waals surface area contributed by atoms with E-state index in [1.807, 2.05) is 24.3 Å². The highest BCUT2D eigenvalue weighted by atomic mass is 35.5. The van der Waals surface area contributed by atoms with Gasteiger partial charge in [-0.25, -0.2) is 13.4 Å². The zero-order valence-electron chi connectivity index (χ0n) is 16.0. The first-order chi connectivity index (χ1) is 13.8. The molecule has 4 rings (SSSR count). The van der Waals surface area contributed by atoms with Crippen molar-refractivity contribution in [2.75, 3.05) is 42.6 Å². The predicted molar refractivity (Wildman–Crippen MR) is 111 cm³/mol. The van der Waals surface area contributed by atoms with Crippen molar-refractivity contribution in [3.05, 3.63) is 29.3 Å². The maximum absolute atomic E-state index is 12.9.